The van der Waals surface area contributed by atoms with Crippen molar-refractivity contribution in [3.05, 3.63) is 84.9 Å². The van der Waals surface area contributed by atoms with Crippen molar-refractivity contribution in [2.75, 3.05) is 20.0 Å². The third-order valence-electron chi connectivity index (χ3n) is 11.7. The zero-order chi connectivity index (χ0) is 65.6. The van der Waals surface area contributed by atoms with Crippen LogP contribution in [0.4, 0.5) is 51.2 Å². The van der Waals surface area contributed by atoms with Gasteiger partial charge in [0.25, 0.3) is 40.5 Å². The van der Waals surface area contributed by atoms with Gasteiger partial charge in [-0.2, -0.15) is 33.7 Å². The molecule has 90 heavy (non-hydrogen) atoms. The smallest absolute Gasteiger partial charge is 0.297 e. The van der Waals surface area contributed by atoms with E-state index in [1.165, 1.54) is 38.5 Å². The van der Waals surface area contributed by atoms with E-state index in [1.807, 2.05) is 0 Å². The van der Waals surface area contributed by atoms with E-state index in [-0.39, 0.29) is 73.9 Å². The molecule has 0 saturated heterocycles. The van der Waals surface area contributed by atoms with Crippen molar-refractivity contribution in [1.29, 1.82) is 0 Å². The van der Waals surface area contributed by atoms with Crippen LogP contribution in [0.2, 0.25) is 0 Å². The Hall–Kier alpha value is -7.70. The highest BCUT2D eigenvalue weighted by molar-refractivity contribution is 7.95. The molecule has 476 valence electrons. The van der Waals surface area contributed by atoms with Crippen LogP contribution in [-0.2, 0) is 78.0 Å². The summed E-state index contributed by atoms with van der Waals surface area (Å²) in [4.78, 5) is -5.38. The number of phenolic OH excluding ortho intramolecular Hbond substituents is 3. The van der Waals surface area contributed by atoms with Crippen molar-refractivity contribution in [2.24, 2.45) is 40.9 Å². The molecule has 13 N–H and O–H groups in total. The second-order valence-electron chi connectivity index (χ2n) is 16.8. The molecule has 0 aliphatic rings. The van der Waals surface area contributed by atoms with Gasteiger partial charge in [0.1, 0.15) is 76.6 Å². The number of rotatable bonds is 26. The fourth-order valence-corrected chi connectivity index (χ4v) is 12.7. The highest BCUT2D eigenvalue weighted by Crippen LogP contribution is 2.53. The van der Waals surface area contributed by atoms with E-state index >= 15 is 0 Å². The number of fused-ring (bicyclic) bond motifs is 3. The Kier molecular flexibility index (Phi) is 21.4. The molecule has 0 aliphatic heterocycles. The SMILES string of the molecule is COc1ccc(N=Nc2c(S(=O)(=O)O)cc3cc(SOOO)c(N=Nc4cc(S(=O)(=O)O)c5cc(SOOO)c(N=Nc6ccc7c(O)c(N=Nc8ccc(OC)cc8S(=O)(=O)O)c(SOOO)cc7c6S(=O)(=O)O)c(O)c5c4N)cc3c2O)c(SOOO)c1. The second kappa shape index (κ2) is 28.2. The molecule has 0 fully saturated rings. The number of ether oxygens (including phenoxy) is 2. The van der Waals surface area contributed by atoms with E-state index in [2.05, 4.69) is 78.4 Å². The minimum absolute atomic E-state index is 0.0135. The van der Waals surface area contributed by atoms with E-state index in [4.69, 9.17) is 36.2 Å². The second-order valence-corrected chi connectivity index (χ2v) is 25.3. The molecule has 38 nitrogen and oxygen atoms in total. The predicted octanol–water partition coefficient (Wildman–Crippen LogP) is 12.2. The van der Waals surface area contributed by atoms with E-state index in [9.17, 15) is 67.2 Å². The van der Waals surface area contributed by atoms with Crippen LogP contribution in [0.15, 0.2) is 165 Å². The maximum Gasteiger partial charge on any atom is 0.297 e. The van der Waals surface area contributed by atoms with Gasteiger partial charge in [-0.3, -0.25) is 18.2 Å². The topological polar surface area (TPSA) is 576 Å². The monoisotopic (exact) mass is 1410 g/mol. The minimum atomic E-state index is -5.54. The van der Waals surface area contributed by atoms with Gasteiger partial charge in [0.2, 0.25) is 0 Å². The number of nitrogen functional groups attached to an aromatic ring is 1. The molecule has 8 rings (SSSR count). The van der Waals surface area contributed by atoms with Gasteiger partial charge in [-0.15, -0.1) is 58.2 Å². The van der Waals surface area contributed by atoms with Gasteiger partial charge < -0.3 is 30.5 Å². The number of methoxy groups -OCH3 is 2. The van der Waals surface area contributed by atoms with Gasteiger partial charge in [0.15, 0.2) is 17.2 Å². The number of aromatic hydroxyl groups is 3. The van der Waals surface area contributed by atoms with Crippen LogP contribution in [0.5, 0.6) is 28.7 Å². The van der Waals surface area contributed by atoms with Crippen molar-refractivity contribution in [2.45, 2.75) is 39.2 Å². The van der Waals surface area contributed by atoms with Crippen LogP contribution in [0.3, 0.4) is 0 Å². The molecule has 0 saturated carbocycles. The Balaban J connectivity index is 1.29. The summed E-state index contributed by atoms with van der Waals surface area (Å²) in [5.74, 6) is -2.96. The molecule has 0 heterocycles. The fraction of sp³-hybridized carbons (Fsp3) is 0.0455. The first-order valence-corrected chi connectivity index (χ1v) is 31.6. The maximum absolute atomic E-state index is 13.3. The molecule has 0 unspecified atom stereocenters. The first-order valence-electron chi connectivity index (χ1n) is 22.9. The van der Waals surface area contributed by atoms with Gasteiger partial charge in [-0.05, 0) is 84.2 Å². The summed E-state index contributed by atoms with van der Waals surface area (Å²) in [6, 6.07) is 14.1. The summed E-state index contributed by atoms with van der Waals surface area (Å²) in [6.45, 7) is 0. The highest BCUT2D eigenvalue weighted by atomic mass is 32.2. The summed E-state index contributed by atoms with van der Waals surface area (Å²) < 4.78 is 172. The predicted molar refractivity (Wildman–Crippen MR) is 306 cm³/mol. The summed E-state index contributed by atoms with van der Waals surface area (Å²) in [5.41, 5.74) is 0.835. The van der Waals surface area contributed by atoms with Crippen molar-refractivity contribution in [3.8, 4) is 28.7 Å². The molecule has 0 radical (unpaired) electrons. The number of nitrogens with two attached hydrogens (primary N) is 1. The quantitative estimate of drug-likeness (QED) is 0.00598. The molecule has 0 bridgehead atoms. The van der Waals surface area contributed by atoms with E-state index in [0.717, 1.165) is 54.6 Å². The highest BCUT2D eigenvalue weighted by Gasteiger charge is 2.30. The van der Waals surface area contributed by atoms with Gasteiger partial charge >= 0.3 is 0 Å². The molecule has 8 aromatic rings. The molecule has 0 amide bonds. The molecular weight excluding hydrogens is 1380 g/mol. The van der Waals surface area contributed by atoms with Crippen LogP contribution in [0, 0.1) is 0 Å². The minimum Gasteiger partial charge on any atom is -0.505 e. The fourth-order valence-electron chi connectivity index (χ4n) is 7.97. The number of hydrogen-bond donors (Lipinski definition) is 12. The van der Waals surface area contributed by atoms with Crippen LogP contribution < -0.4 is 15.2 Å². The average Bonchev–Trinajstić information content (AvgIpc) is 0.776. The number of azo groups is 4. The van der Waals surface area contributed by atoms with Crippen LogP contribution in [-0.4, -0.2) is 102 Å². The Labute approximate surface area is 518 Å². The number of nitrogens with zero attached hydrogens (tertiary/aromatic N) is 8. The summed E-state index contributed by atoms with van der Waals surface area (Å²) >= 11 is 0.594. The lowest BCUT2D eigenvalue weighted by molar-refractivity contribution is -0.432. The largest absolute Gasteiger partial charge is 0.505 e. The zero-order valence-electron chi connectivity index (χ0n) is 43.8. The molecule has 0 spiro atoms. The number of hydrogen-bond acceptors (Lipinski definition) is 38. The number of benzene rings is 8. The van der Waals surface area contributed by atoms with Gasteiger partial charge in [-0.25, -0.2) is 21.0 Å². The molecule has 0 atom stereocenters. The molecule has 0 aliphatic carbocycles. The van der Waals surface area contributed by atoms with Gasteiger partial charge in [0, 0.05) is 27.6 Å². The first-order chi connectivity index (χ1) is 42.6. The summed E-state index contributed by atoms with van der Waals surface area (Å²) in [5, 5.41) is 114. The molecule has 46 heteroatoms. The Morgan fingerprint density at radius 1 is 0.389 bits per heavy atom. The van der Waals surface area contributed by atoms with E-state index < -0.39 is 154 Å². The molecule has 0 aromatic heterocycles. The van der Waals surface area contributed by atoms with Crippen molar-refractivity contribution >= 4 is 172 Å². The summed E-state index contributed by atoms with van der Waals surface area (Å²) in [7, 11) is -18.7. The average molecular weight is 1410 g/mol. The number of phenols is 3. The van der Waals surface area contributed by atoms with E-state index in [0.29, 0.717) is 18.1 Å². The zero-order valence-corrected chi connectivity index (χ0v) is 50.3. The lowest BCUT2D eigenvalue weighted by atomic mass is 10.0. The first kappa shape index (κ1) is 68.2. The Morgan fingerprint density at radius 3 is 1.40 bits per heavy atom. The van der Waals surface area contributed by atoms with Crippen LogP contribution in [0.25, 0.3) is 32.3 Å². The molecule has 8 aromatic carbocycles. The molecular formula is C44H33N9O29S8. The lowest BCUT2D eigenvalue weighted by Gasteiger charge is -2.15. The van der Waals surface area contributed by atoms with Crippen molar-refractivity contribution < 1.29 is 135 Å². The third-order valence-corrected chi connectivity index (χ3v) is 17.8. The Bertz CT molecular complexity index is 4780. The lowest BCUT2D eigenvalue weighted by Crippen LogP contribution is -2.02. The van der Waals surface area contributed by atoms with Gasteiger partial charge in [0.05, 0.1) is 93.0 Å². The van der Waals surface area contributed by atoms with Crippen LogP contribution >= 0.6 is 48.2 Å². The number of anilines is 1. The standard InChI is InChI=1S/C44H33N9O29S8/c1-73-18-3-6-24(30(11-18)84-80-76-58)46-53-40-35(89(67,68)69)10-17-9-29(83-79-75-57)27(13-21(17)42(40)55)49-50-28-16-33(87(61,62)63)23-15-32(86-82-78-60)39(43(56)36(23)37(28)45)52-48-26-8-5-20-22(44(26)90(70,71)72)14-31(85-81-77-59)38(41(20)54)51-47-25-7-4-19(74-2)12-34(25)88(64,65)66/h3-16,54-60H,45H2,1-2H3,(H,61,62,63)(H,64,65,66)(H,67,68,69)(H,70,71,72). The van der Waals surface area contributed by atoms with Crippen LogP contribution in [0.1, 0.15) is 0 Å². The maximum atomic E-state index is 13.3. The van der Waals surface area contributed by atoms with Gasteiger partial charge in [-0.1, -0.05) is 20.2 Å². The normalized spacial score (nSPS) is 12.8. The van der Waals surface area contributed by atoms with E-state index in [1.54, 1.807) is 0 Å². The summed E-state index contributed by atoms with van der Waals surface area (Å²) in [6.07, 6.45) is 0. The van der Waals surface area contributed by atoms with Crippen molar-refractivity contribution in [3.63, 3.8) is 0 Å². The third kappa shape index (κ3) is 15.0. The Morgan fingerprint density at radius 2 is 0.844 bits per heavy atom. The van der Waals surface area contributed by atoms with Crippen molar-refractivity contribution in [1.82, 2.24) is 0 Å².